The molecule has 0 atom stereocenters. The monoisotopic (exact) mass is 249 g/mol. The van der Waals surface area contributed by atoms with E-state index in [2.05, 4.69) is 4.98 Å². The smallest absolute Gasteiger partial charge is 0.255 e. The molecule has 0 aromatic carbocycles. The number of hydrogen-bond donors (Lipinski definition) is 2. The molecule has 0 aliphatic heterocycles. The first-order valence-electron chi connectivity index (χ1n) is 6.24. The fraction of sp³-hybridized carbons (Fsp3) is 0.571. The highest BCUT2D eigenvalue weighted by molar-refractivity contribution is 6.01. The Morgan fingerprint density at radius 1 is 1.22 bits per heavy atom. The minimum atomic E-state index is -0.285. The number of rotatable bonds is 1. The zero-order chi connectivity index (χ0) is 13.7. The molecule has 1 heterocycles. The molecule has 98 valence electrons. The summed E-state index contributed by atoms with van der Waals surface area (Å²) in [7, 11) is 0. The van der Waals surface area contributed by atoms with E-state index in [-0.39, 0.29) is 28.4 Å². The van der Waals surface area contributed by atoms with Crippen LogP contribution in [0.5, 0.6) is 5.75 Å². The van der Waals surface area contributed by atoms with E-state index in [4.69, 9.17) is 0 Å². The predicted octanol–water partition coefficient (Wildman–Crippen LogP) is 2.36. The highest BCUT2D eigenvalue weighted by Gasteiger charge is 2.35. The van der Waals surface area contributed by atoms with Gasteiger partial charge in [-0.1, -0.05) is 27.7 Å². The number of hydrogen-bond acceptors (Lipinski definition) is 3. The first-order valence-corrected chi connectivity index (χ1v) is 6.24. The third-order valence-corrected chi connectivity index (χ3v) is 3.45. The third-order valence-electron chi connectivity index (χ3n) is 3.45. The topological polar surface area (TPSA) is 70.2 Å². The first-order chi connectivity index (χ1) is 8.23. The van der Waals surface area contributed by atoms with E-state index in [9.17, 15) is 14.7 Å². The molecule has 0 bridgehead atoms. The minimum Gasteiger partial charge on any atom is -0.507 e. The maximum absolute atomic E-state index is 12.1. The van der Waals surface area contributed by atoms with Gasteiger partial charge in [-0.2, -0.15) is 0 Å². The number of carbonyl (C=O) groups is 1. The molecule has 2 rings (SSSR count). The molecule has 1 aromatic rings. The maximum atomic E-state index is 12.1. The van der Waals surface area contributed by atoms with Crippen molar-refractivity contribution in [3.63, 3.8) is 0 Å². The van der Waals surface area contributed by atoms with Crippen molar-refractivity contribution < 1.29 is 9.90 Å². The number of aromatic hydroxyl groups is 1. The molecule has 0 unspecified atom stereocenters. The fourth-order valence-electron chi connectivity index (χ4n) is 2.68. The van der Waals surface area contributed by atoms with Crippen LogP contribution in [0.1, 0.15) is 61.6 Å². The second-order valence-electron chi connectivity index (χ2n) is 6.17. The predicted molar refractivity (Wildman–Crippen MR) is 69.2 cm³/mol. The maximum Gasteiger partial charge on any atom is 0.255 e. The van der Waals surface area contributed by atoms with Gasteiger partial charge in [0.1, 0.15) is 5.75 Å². The van der Waals surface area contributed by atoms with Gasteiger partial charge < -0.3 is 10.1 Å². The van der Waals surface area contributed by atoms with Crippen molar-refractivity contribution in [3.05, 3.63) is 27.2 Å². The number of ketones is 1. The van der Waals surface area contributed by atoms with Gasteiger partial charge in [-0.3, -0.25) is 9.59 Å². The van der Waals surface area contributed by atoms with E-state index in [1.165, 1.54) is 0 Å². The van der Waals surface area contributed by atoms with E-state index < -0.39 is 0 Å². The van der Waals surface area contributed by atoms with E-state index in [1.54, 1.807) is 0 Å². The molecule has 1 aliphatic carbocycles. The van der Waals surface area contributed by atoms with Crippen LogP contribution in [0.15, 0.2) is 4.79 Å². The molecule has 2 N–H and O–H groups in total. The molecular formula is C14H19NO3. The molecule has 4 nitrogen and oxygen atoms in total. The summed E-state index contributed by atoms with van der Waals surface area (Å²) in [6, 6.07) is 0. The van der Waals surface area contributed by atoms with Crippen molar-refractivity contribution in [1.29, 1.82) is 0 Å². The first kappa shape index (κ1) is 12.9. The molecule has 4 heteroatoms. The van der Waals surface area contributed by atoms with Gasteiger partial charge in [0.25, 0.3) is 5.56 Å². The number of Topliss-reactive ketones (excluding diaryl/α,β-unsaturated/α-hetero) is 1. The number of carbonyl (C=O) groups excluding carboxylic acids is 1. The third kappa shape index (κ3) is 1.96. The van der Waals surface area contributed by atoms with Gasteiger partial charge in [0.05, 0.1) is 11.1 Å². The molecular weight excluding hydrogens is 230 g/mol. The molecule has 18 heavy (non-hydrogen) atoms. The molecule has 0 fully saturated rings. The van der Waals surface area contributed by atoms with Crippen molar-refractivity contribution >= 4 is 5.78 Å². The largest absolute Gasteiger partial charge is 0.507 e. The number of pyridine rings is 1. The average Bonchev–Trinajstić information content (AvgIpc) is 2.11. The van der Waals surface area contributed by atoms with Crippen molar-refractivity contribution in [2.45, 2.75) is 46.5 Å². The van der Waals surface area contributed by atoms with Crippen LogP contribution in [0.4, 0.5) is 0 Å². The van der Waals surface area contributed by atoms with E-state index in [1.807, 2.05) is 27.7 Å². The lowest BCUT2D eigenvalue weighted by atomic mass is 9.75. The lowest BCUT2D eigenvalue weighted by molar-refractivity contribution is 0.0906. The van der Waals surface area contributed by atoms with Gasteiger partial charge in [0.2, 0.25) is 0 Å². The van der Waals surface area contributed by atoms with Crippen molar-refractivity contribution in [3.8, 4) is 5.75 Å². The normalized spacial score (nSPS) is 17.9. The zero-order valence-corrected chi connectivity index (χ0v) is 11.3. The summed E-state index contributed by atoms with van der Waals surface area (Å²) >= 11 is 0. The van der Waals surface area contributed by atoms with Gasteiger partial charge in [0.15, 0.2) is 5.78 Å². The summed E-state index contributed by atoms with van der Waals surface area (Å²) in [5, 5.41) is 10.2. The second kappa shape index (κ2) is 3.97. The van der Waals surface area contributed by atoms with Crippen LogP contribution in [-0.2, 0) is 6.42 Å². The summed E-state index contributed by atoms with van der Waals surface area (Å²) in [4.78, 5) is 26.8. The van der Waals surface area contributed by atoms with Crippen molar-refractivity contribution in [2.24, 2.45) is 5.41 Å². The van der Waals surface area contributed by atoms with Crippen LogP contribution < -0.4 is 5.56 Å². The van der Waals surface area contributed by atoms with Crippen LogP contribution in [0.3, 0.4) is 0 Å². The Morgan fingerprint density at radius 3 is 2.39 bits per heavy atom. The van der Waals surface area contributed by atoms with Crippen molar-refractivity contribution in [2.75, 3.05) is 0 Å². The van der Waals surface area contributed by atoms with Crippen LogP contribution in [0.2, 0.25) is 0 Å². The Balaban J connectivity index is 2.71. The Morgan fingerprint density at radius 2 is 1.83 bits per heavy atom. The number of fused-ring (bicyclic) bond motifs is 1. The van der Waals surface area contributed by atoms with Crippen LogP contribution >= 0.6 is 0 Å². The summed E-state index contributed by atoms with van der Waals surface area (Å²) in [5.74, 6) is -0.317. The number of nitrogens with one attached hydrogen (secondary N) is 1. The number of aromatic nitrogens is 1. The summed E-state index contributed by atoms with van der Waals surface area (Å²) < 4.78 is 0. The quantitative estimate of drug-likeness (QED) is 0.802. The van der Waals surface area contributed by atoms with E-state index in [0.717, 1.165) is 0 Å². The molecule has 0 saturated carbocycles. The summed E-state index contributed by atoms with van der Waals surface area (Å²) in [5.41, 5.74) is 0.744. The van der Waals surface area contributed by atoms with Crippen LogP contribution in [-0.4, -0.2) is 15.9 Å². The lowest BCUT2D eigenvalue weighted by Gasteiger charge is -2.30. The van der Waals surface area contributed by atoms with Gasteiger partial charge in [-0.05, 0) is 17.8 Å². The zero-order valence-electron chi connectivity index (χ0n) is 11.3. The molecule has 0 radical (unpaired) electrons. The number of aromatic amines is 1. The summed E-state index contributed by atoms with van der Waals surface area (Å²) in [6.45, 7) is 7.63. The number of H-pyrrole nitrogens is 1. The van der Waals surface area contributed by atoms with Crippen molar-refractivity contribution in [1.82, 2.24) is 4.98 Å². The molecule has 1 aliphatic rings. The SMILES string of the molecule is CC(C)c1c(O)c2c([nH]c1=O)CC(C)(C)CC2=O. The highest BCUT2D eigenvalue weighted by atomic mass is 16.3. The minimum absolute atomic E-state index is 0.0862. The van der Waals surface area contributed by atoms with Gasteiger partial charge in [-0.25, -0.2) is 0 Å². The van der Waals surface area contributed by atoms with Gasteiger partial charge >= 0.3 is 0 Å². The molecule has 0 spiro atoms. The van der Waals surface area contributed by atoms with Crippen LogP contribution in [0.25, 0.3) is 0 Å². The Kier molecular flexibility index (Phi) is 2.84. The Labute approximate surface area is 106 Å². The Hall–Kier alpha value is -1.58. The van der Waals surface area contributed by atoms with E-state index in [0.29, 0.717) is 29.7 Å². The van der Waals surface area contributed by atoms with Crippen LogP contribution in [0, 0.1) is 5.41 Å². The molecule has 0 amide bonds. The van der Waals surface area contributed by atoms with Gasteiger partial charge in [0, 0.05) is 12.1 Å². The highest BCUT2D eigenvalue weighted by Crippen LogP contribution is 2.38. The Bertz CT molecular complexity index is 567. The fourth-order valence-corrected chi connectivity index (χ4v) is 2.68. The van der Waals surface area contributed by atoms with E-state index >= 15 is 0 Å². The van der Waals surface area contributed by atoms with Gasteiger partial charge in [-0.15, -0.1) is 0 Å². The summed E-state index contributed by atoms with van der Waals surface area (Å²) in [6.07, 6.45) is 1.01. The molecule has 1 aromatic heterocycles. The standard InChI is InChI=1S/C14H19NO3/c1-7(2)10-12(17)11-8(15-13(10)18)5-14(3,4)6-9(11)16/h7H,5-6H2,1-4H3,(H2,15,17,18). The lowest BCUT2D eigenvalue weighted by Crippen LogP contribution is -2.31. The second-order valence-corrected chi connectivity index (χ2v) is 6.17. The molecule has 0 saturated heterocycles. The average molecular weight is 249 g/mol.